The van der Waals surface area contributed by atoms with E-state index in [4.69, 9.17) is 16.3 Å². The zero-order valence-electron chi connectivity index (χ0n) is 26.7. The van der Waals surface area contributed by atoms with Crippen molar-refractivity contribution < 1.29 is 34.5 Å². The van der Waals surface area contributed by atoms with E-state index in [0.717, 1.165) is 17.5 Å². The van der Waals surface area contributed by atoms with Crippen molar-refractivity contribution in [3.63, 3.8) is 0 Å². The van der Waals surface area contributed by atoms with Crippen molar-refractivity contribution in [3.8, 4) is 11.1 Å². The number of aliphatic hydroxyl groups is 1. The maximum Gasteiger partial charge on any atom is 0.445 e. The van der Waals surface area contributed by atoms with Crippen LogP contribution in [0.1, 0.15) is 71.5 Å². The van der Waals surface area contributed by atoms with Crippen molar-refractivity contribution in [2.45, 2.75) is 59.0 Å². The summed E-state index contributed by atoms with van der Waals surface area (Å²) in [4.78, 5) is 44.3. The number of ether oxygens (including phenoxy) is 1. The van der Waals surface area contributed by atoms with Crippen LogP contribution >= 0.6 is 0 Å². The molecule has 1 amide bonds. The highest BCUT2D eigenvalue weighted by molar-refractivity contribution is 6.03. The summed E-state index contributed by atoms with van der Waals surface area (Å²) < 4.78 is 6.86. The van der Waals surface area contributed by atoms with Gasteiger partial charge in [0.2, 0.25) is 0 Å². The topological polar surface area (TPSA) is 222 Å². The van der Waals surface area contributed by atoms with Crippen LogP contribution in [-0.2, 0) is 41.4 Å². The van der Waals surface area contributed by atoms with Crippen LogP contribution in [0.5, 0.6) is 0 Å². The number of nitrogens with zero attached hydrogens (tertiary/aromatic N) is 5. The first-order valence-corrected chi connectivity index (χ1v) is 14.9. The molecule has 4 rings (SSSR count). The Labute approximate surface area is 276 Å². The van der Waals surface area contributed by atoms with E-state index >= 15 is 0 Å². The highest BCUT2D eigenvalue weighted by atomic mass is 16.9. The number of carbonyl (C=O) groups excluding carboxylic acids is 1. The Balaban J connectivity index is 1.52. The largest absolute Gasteiger partial charge is 0.477 e. The van der Waals surface area contributed by atoms with Crippen molar-refractivity contribution in [3.05, 3.63) is 122 Å². The van der Waals surface area contributed by atoms with Crippen LogP contribution in [0.4, 0.5) is 4.79 Å². The first kappa shape index (κ1) is 35.1. The summed E-state index contributed by atoms with van der Waals surface area (Å²) in [5.74, 6) is 5.18. The summed E-state index contributed by atoms with van der Waals surface area (Å²) in [7, 11) is 0. The van der Waals surface area contributed by atoms with Gasteiger partial charge in [-0.2, -0.15) is 0 Å². The number of aryl methyl sites for hydroxylation is 1. The Morgan fingerprint density at radius 2 is 1.67 bits per heavy atom. The van der Waals surface area contributed by atoms with E-state index in [0.29, 0.717) is 39.6 Å². The zero-order chi connectivity index (χ0) is 35.0. The molecule has 0 radical (unpaired) electrons. The van der Waals surface area contributed by atoms with Gasteiger partial charge < -0.3 is 30.1 Å². The van der Waals surface area contributed by atoms with Crippen molar-refractivity contribution >= 4 is 17.9 Å². The molecule has 0 unspecified atom stereocenters. The van der Waals surface area contributed by atoms with Gasteiger partial charge in [0.05, 0.1) is 0 Å². The number of amidine groups is 1. The molecule has 0 bridgehead atoms. The third kappa shape index (κ3) is 8.51. The number of hydrazone groups is 1. The van der Waals surface area contributed by atoms with Crippen LogP contribution in [0.3, 0.4) is 0 Å². The molecule has 0 aliphatic heterocycles. The molecule has 4 aromatic rings. The van der Waals surface area contributed by atoms with E-state index in [9.17, 15) is 29.9 Å². The number of nitrogens with two attached hydrogens (primary N) is 2. The molecule has 1 aromatic heterocycles. The van der Waals surface area contributed by atoms with Crippen LogP contribution in [0.2, 0.25) is 0 Å². The fourth-order valence-electron chi connectivity index (χ4n) is 5.04. The zero-order valence-corrected chi connectivity index (χ0v) is 26.7. The van der Waals surface area contributed by atoms with Crippen molar-refractivity contribution in [2.24, 2.45) is 16.7 Å². The third-order valence-corrected chi connectivity index (χ3v) is 7.31. The van der Waals surface area contributed by atoms with E-state index in [1.807, 2.05) is 43.3 Å². The third-order valence-electron chi connectivity index (χ3n) is 7.31. The minimum Gasteiger partial charge on any atom is -0.477 e. The molecule has 0 saturated heterocycles. The highest BCUT2D eigenvalue weighted by Gasteiger charge is 2.31. The van der Waals surface area contributed by atoms with Gasteiger partial charge in [-0.05, 0) is 48.1 Å². The normalized spacial score (nSPS) is 11.6. The minimum absolute atomic E-state index is 0.0534. The average Bonchev–Trinajstić information content (AvgIpc) is 3.42. The van der Waals surface area contributed by atoms with E-state index in [1.54, 1.807) is 41.0 Å². The molecule has 1 heterocycles. The second-order valence-corrected chi connectivity index (χ2v) is 11.3. The van der Waals surface area contributed by atoms with Gasteiger partial charge in [-0.25, -0.2) is 20.4 Å². The molecule has 6 N–H and O–H groups in total. The SMILES string of the molecule is CCCc1nc(C(C)(C)O)c(C(=O)O)n1Cc1ccc(-c2ccccc2/C(N)=N/N(N)C(=O)OCc2ccccc2CO[N+](=O)[O-])cc1. The second-order valence-electron chi connectivity index (χ2n) is 11.3. The molecular formula is C33H37N7O8. The molecule has 0 saturated carbocycles. The first-order valence-electron chi connectivity index (χ1n) is 14.9. The fraction of sp³-hybridized carbons (Fsp3) is 0.273. The van der Waals surface area contributed by atoms with Crippen molar-refractivity contribution in [2.75, 3.05) is 0 Å². The van der Waals surface area contributed by atoms with Crippen molar-refractivity contribution in [1.29, 1.82) is 0 Å². The van der Waals surface area contributed by atoms with E-state index in [2.05, 4.69) is 14.9 Å². The van der Waals surface area contributed by atoms with Gasteiger partial charge in [0.25, 0.3) is 5.09 Å². The van der Waals surface area contributed by atoms with Crippen LogP contribution in [0, 0.1) is 10.1 Å². The molecule has 0 aliphatic carbocycles. The molecule has 3 aromatic carbocycles. The fourth-order valence-corrected chi connectivity index (χ4v) is 5.04. The number of aromatic carboxylic acids is 1. The number of aromatic nitrogens is 2. The summed E-state index contributed by atoms with van der Waals surface area (Å²) in [5, 5.41) is 34.7. The lowest BCUT2D eigenvalue weighted by Crippen LogP contribution is -2.35. The molecule has 0 fully saturated rings. The lowest BCUT2D eigenvalue weighted by molar-refractivity contribution is -0.763. The molecular weight excluding hydrogens is 622 g/mol. The molecule has 48 heavy (non-hydrogen) atoms. The predicted octanol–water partition coefficient (Wildman–Crippen LogP) is 4.32. The summed E-state index contributed by atoms with van der Waals surface area (Å²) >= 11 is 0. The Bertz CT molecular complexity index is 1810. The first-order chi connectivity index (χ1) is 22.8. The van der Waals surface area contributed by atoms with Crippen LogP contribution < -0.4 is 11.6 Å². The number of hydrazine groups is 1. The van der Waals surface area contributed by atoms with Gasteiger partial charge in [0.1, 0.15) is 30.3 Å². The van der Waals surface area contributed by atoms with Crippen LogP contribution in [0.25, 0.3) is 11.1 Å². The maximum absolute atomic E-state index is 12.6. The Kier molecular flexibility index (Phi) is 11.1. The lowest BCUT2D eigenvalue weighted by atomic mass is 9.98. The molecule has 0 atom stereocenters. The van der Waals surface area contributed by atoms with Gasteiger partial charge >= 0.3 is 12.1 Å². The Morgan fingerprint density at radius 3 is 2.27 bits per heavy atom. The number of hydrogen-bond acceptors (Lipinski definition) is 10. The average molecular weight is 660 g/mol. The van der Waals surface area contributed by atoms with Crippen molar-refractivity contribution in [1.82, 2.24) is 14.7 Å². The Hall–Kier alpha value is -5.80. The van der Waals surface area contributed by atoms with Gasteiger partial charge in [0, 0.05) is 18.5 Å². The summed E-state index contributed by atoms with van der Waals surface area (Å²) in [6, 6.07) is 21.1. The number of benzene rings is 3. The number of carboxylic acid groups (broad SMARTS) is 1. The number of rotatable bonds is 14. The maximum atomic E-state index is 12.6. The lowest BCUT2D eigenvalue weighted by Gasteiger charge is -2.16. The molecule has 252 valence electrons. The molecule has 0 aliphatic rings. The van der Waals surface area contributed by atoms with Gasteiger partial charge in [-0.3, -0.25) is 0 Å². The molecule has 15 heteroatoms. The molecule has 15 nitrogen and oxygen atoms in total. The number of carbonyl (C=O) groups is 2. The van der Waals surface area contributed by atoms with Gasteiger partial charge in [-0.15, -0.1) is 20.3 Å². The smallest absolute Gasteiger partial charge is 0.445 e. The summed E-state index contributed by atoms with van der Waals surface area (Å²) in [6.45, 7) is 4.66. The number of imidazole rings is 1. The van der Waals surface area contributed by atoms with E-state index in [-0.39, 0.29) is 37.0 Å². The standard InChI is InChI=1S/C33H37N7O8/c1-4-9-27-36-29(33(2,3)44)28(31(41)42)38(27)18-21-14-16-22(17-15-21)25-12-7-8-13-26(25)30(34)37-39(35)32(43)47-19-23-10-5-6-11-24(23)20-48-40(45)46/h5-8,10-17,44H,4,9,18-20,35H2,1-3H3,(H2,34,37)(H,41,42). The van der Waals surface area contributed by atoms with E-state index in [1.165, 1.54) is 13.8 Å². The predicted molar refractivity (Wildman–Crippen MR) is 175 cm³/mol. The summed E-state index contributed by atoms with van der Waals surface area (Å²) in [6.07, 6.45) is 0.270. The van der Waals surface area contributed by atoms with Crippen LogP contribution in [-0.4, -0.2) is 47.9 Å². The van der Waals surface area contributed by atoms with Crippen LogP contribution in [0.15, 0.2) is 77.9 Å². The number of carboxylic acids is 1. The van der Waals surface area contributed by atoms with Gasteiger partial charge in [0.15, 0.2) is 11.5 Å². The number of amides is 1. The highest BCUT2D eigenvalue weighted by Crippen LogP contribution is 2.28. The minimum atomic E-state index is -1.44. The van der Waals surface area contributed by atoms with Gasteiger partial charge in [-0.1, -0.05) is 79.7 Å². The quantitative estimate of drug-likeness (QED) is 0.0373. The van der Waals surface area contributed by atoms with E-state index < -0.39 is 22.8 Å². The number of hydrogen-bond donors (Lipinski definition) is 4. The second kappa shape index (κ2) is 15.2. The Morgan fingerprint density at radius 1 is 1.04 bits per heavy atom. The monoisotopic (exact) mass is 659 g/mol. The summed E-state index contributed by atoms with van der Waals surface area (Å²) in [5.41, 5.74) is 8.60. The molecule has 0 spiro atoms.